The van der Waals surface area contributed by atoms with Crippen molar-refractivity contribution in [2.75, 3.05) is 33.4 Å². The SMILES string of the molecule is COc1ccc(C#CCO)c(CN2CCC(CO)C2)c1. The molecular formula is C16H21NO3. The van der Waals surface area contributed by atoms with Crippen LogP contribution in [-0.2, 0) is 6.54 Å². The third-order valence-electron chi connectivity index (χ3n) is 3.64. The van der Waals surface area contributed by atoms with E-state index < -0.39 is 0 Å². The number of likely N-dealkylation sites (tertiary alicyclic amines) is 1. The summed E-state index contributed by atoms with van der Waals surface area (Å²) < 4.78 is 5.26. The van der Waals surface area contributed by atoms with Crippen molar-refractivity contribution in [2.24, 2.45) is 5.92 Å². The van der Waals surface area contributed by atoms with Crippen molar-refractivity contribution in [1.29, 1.82) is 0 Å². The van der Waals surface area contributed by atoms with E-state index in [-0.39, 0.29) is 13.2 Å². The first-order valence-electron chi connectivity index (χ1n) is 6.86. The van der Waals surface area contributed by atoms with E-state index in [4.69, 9.17) is 9.84 Å². The third kappa shape index (κ3) is 3.73. The molecule has 1 aromatic rings. The van der Waals surface area contributed by atoms with Crippen LogP contribution in [0.3, 0.4) is 0 Å². The molecule has 4 heteroatoms. The molecule has 1 aliphatic rings. The minimum atomic E-state index is -0.137. The number of hydrogen-bond acceptors (Lipinski definition) is 4. The average molecular weight is 275 g/mol. The van der Waals surface area contributed by atoms with Gasteiger partial charge in [-0.2, -0.15) is 0 Å². The van der Waals surface area contributed by atoms with E-state index in [0.717, 1.165) is 42.9 Å². The van der Waals surface area contributed by atoms with Crippen LogP contribution in [0.4, 0.5) is 0 Å². The van der Waals surface area contributed by atoms with Gasteiger partial charge in [-0.15, -0.1) is 0 Å². The Morgan fingerprint density at radius 1 is 1.40 bits per heavy atom. The summed E-state index contributed by atoms with van der Waals surface area (Å²) in [6, 6.07) is 5.80. The van der Waals surface area contributed by atoms with E-state index in [1.165, 1.54) is 0 Å². The molecule has 1 saturated heterocycles. The number of hydrogen-bond donors (Lipinski definition) is 2. The summed E-state index contributed by atoms with van der Waals surface area (Å²) in [5, 5.41) is 18.0. The Hall–Kier alpha value is -1.54. The summed E-state index contributed by atoms with van der Waals surface area (Å²) in [5.41, 5.74) is 2.02. The molecule has 4 nitrogen and oxygen atoms in total. The van der Waals surface area contributed by atoms with Gasteiger partial charge in [-0.25, -0.2) is 0 Å². The first-order chi connectivity index (χ1) is 9.76. The van der Waals surface area contributed by atoms with Crippen molar-refractivity contribution >= 4 is 0 Å². The molecule has 0 aliphatic carbocycles. The zero-order valence-corrected chi connectivity index (χ0v) is 11.8. The molecule has 20 heavy (non-hydrogen) atoms. The second kappa shape index (κ2) is 7.30. The van der Waals surface area contributed by atoms with Gasteiger partial charge in [0.1, 0.15) is 12.4 Å². The topological polar surface area (TPSA) is 52.9 Å². The van der Waals surface area contributed by atoms with Gasteiger partial charge in [0, 0.05) is 25.3 Å². The highest BCUT2D eigenvalue weighted by atomic mass is 16.5. The minimum Gasteiger partial charge on any atom is -0.497 e. The molecule has 0 bridgehead atoms. The van der Waals surface area contributed by atoms with Gasteiger partial charge in [0.15, 0.2) is 0 Å². The zero-order valence-electron chi connectivity index (χ0n) is 11.8. The fourth-order valence-electron chi connectivity index (χ4n) is 2.53. The highest BCUT2D eigenvalue weighted by Crippen LogP contribution is 2.22. The second-order valence-electron chi connectivity index (χ2n) is 5.06. The molecule has 1 aromatic carbocycles. The lowest BCUT2D eigenvalue weighted by Crippen LogP contribution is -2.21. The zero-order chi connectivity index (χ0) is 14.4. The highest BCUT2D eigenvalue weighted by molar-refractivity contribution is 5.45. The van der Waals surface area contributed by atoms with Crippen LogP contribution >= 0.6 is 0 Å². The van der Waals surface area contributed by atoms with Crippen LogP contribution in [0.1, 0.15) is 17.5 Å². The maximum absolute atomic E-state index is 9.21. The summed E-state index contributed by atoms with van der Waals surface area (Å²) in [4.78, 5) is 2.32. The normalized spacial score (nSPS) is 18.6. The summed E-state index contributed by atoms with van der Waals surface area (Å²) in [6.07, 6.45) is 1.04. The molecule has 1 heterocycles. The molecule has 1 unspecified atom stereocenters. The Morgan fingerprint density at radius 3 is 2.90 bits per heavy atom. The highest BCUT2D eigenvalue weighted by Gasteiger charge is 2.22. The Labute approximate surface area is 120 Å². The van der Waals surface area contributed by atoms with Crippen molar-refractivity contribution in [1.82, 2.24) is 4.90 Å². The number of aliphatic hydroxyl groups excluding tert-OH is 2. The van der Waals surface area contributed by atoms with Gasteiger partial charge >= 0.3 is 0 Å². The van der Waals surface area contributed by atoms with Crippen LogP contribution in [0, 0.1) is 17.8 Å². The van der Waals surface area contributed by atoms with Gasteiger partial charge in [0.2, 0.25) is 0 Å². The molecule has 1 atom stereocenters. The Kier molecular flexibility index (Phi) is 5.42. The van der Waals surface area contributed by atoms with Crippen LogP contribution < -0.4 is 4.74 Å². The smallest absolute Gasteiger partial charge is 0.119 e. The Bertz CT molecular complexity index is 504. The molecule has 108 valence electrons. The molecule has 0 amide bonds. The number of aliphatic hydroxyl groups is 2. The Balaban J connectivity index is 2.15. The van der Waals surface area contributed by atoms with Crippen molar-refractivity contribution < 1.29 is 14.9 Å². The van der Waals surface area contributed by atoms with Crippen molar-refractivity contribution in [2.45, 2.75) is 13.0 Å². The van der Waals surface area contributed by atoms with E-state index in [1.807, 2.05) is 18.2 Å². The van der Waals surface area contributed by atoms with Gasteiger partial charge < -0.3 is 14.9 Å². The van der Waals surface area contributed by atoms with Gasteiger partial charge in [0.05, 0.1) is 7.11 Å². The number of benzene rings is 1. The van der Waals surface area contributed by atoms with Crippen LogP contribution in [-0.4, -0.2) is 48.5 Å². The number of nitrogens with zero attached hydrogens (tertiary/aromatic N) is 1. The monoisotopic (exact) mass is 275 g/mol. The first kappa shape index (κ1) is 14.9. The number of methoxy groups -OCH3 is 1. The lowest BCUT2D eigenvalue weighted by atomic mass is 10.1. The molecule has 0 spiro atoms. The lowest BCUT2D eigenvalue weighted by molar-refractivity contribution is 0.220. The molecule has 0 radical (unpaired) electrons. The van der Waals surface area contributed by atoms with Crippen molar-refractivity contribution in [3.8, 4) is 17.6 Å². The van der Waals surface area contributed by atoms with Gasteiger partial charge in [-0.3, -0.25) is 4.90 Å². The summed E-state index contributed by atoms with van der Waals surface area (Å²) in [7, 11) is 1.65. The predicted molar refractivity (Wildman–Crippen MR) is 77.4 cm³/mol. The maximum Gasteiger partial charge on any atom is 0.119 e. The predicted octanol–water partition coefficient (Wildman–Crippen LogP) is 0.853. The van der Waals surface area contributed by atoms with E-state index in [1.54, 1.807) is 7.11 Å². The van der Waals surface area contributed by atoms with Crippen molar-refractivity contribution in [3.63, 3.8) is 0 Å². The van der Waals surface area contributed by atoms with Crippen LogP contribution in [0.25, 0.3) is 0 Å². The average Bonchev–Trinajstić information content (AvgIpc) is 2.93. The largest absolute Gasteiger partial charge is 0.497 e. The standard InChI is InChI=1S/C16H21NO3/c1-20-16-5-4-14(3-2-8-18)15(9-16)11-17-7-6-13(10-17)12-19/h4-5,9,13,18-19H,6-8,10-12H2,1H3. The Morgan fingerprint density at radius 2 is 2.25 bits per heavy atom. The molecule has 0 saturated carbocycles. The maximum atomic E-state index is 9.21. The fraction of sp³-hybridized carbons (Fsp3) is 0.500. The van der Waals surface area contributed by atoms with E-state index >= 15 is 0 Å². The third-order valence-corrected chi connectivity index (χ3v) is 3.64. The quantitative estimate of drug-likeness (QED) is 0.800. The van der Waals surface area contributed by atoms with E-state index in [9.17, 15) is 5.11 Å². The second-order valence-corrected chi connectivity index (χ2v) is 5.06. The molecule has 1 fully saturated rings. The van der Waals surface area contributed by atoms with Crippen LogP contribution in [0.2, 0.25) is 0 Å². The van der Waals surface area contributed by atoms with Crippen molar-refractivity contribution in [3.05, 3.63) is 29.3 Å². The van der Waals surface area contributed by atoms with Gasteiger partial charge in [0.25, 0.3) is 0 Å². The molecular weight excluding hydrogens is 254 g/mol. The summed E-state index contributed by atoms with van der Waals surface area (Å²) in [5.74, 6) is 6.87. The van der Waals surface area contributed by atoms with Gasteiger partial charge in [-0.05, 0) is 42.6 Å². The van der Waals surface area contributed by atoms with Gasteiger partial charge in [-0.1, -0.05) is 11.8 Å². The first-order valence-corrected chi connectivity index (χ1v) is 6.86. The van der Waals surface area contributed by atoms with E-state index in [2.05, 4.69) is 16.7 Å². The van der Waals surface area contributed by atoms with E-state index in [0.29, 0.717) is 5.92 Å². The molecule has 1 aliphatic heterocycles. The number of ether oxygens (including phenoxy) is 1. The lowest BCUT2D eigenvalue weighted by Gasteiger charge is -2.17. The molecule has 2 rings (SSSR count). The molecule has 2 N–H and O–H groups in total. The summed E-state index contributed by atoms with van der Waals surface area (Å²) in [6.45, 7) is 2.83. The minimum absolute atomic E-state index is 0.137. The summed E-state index contributed by atoms with van der Waals surface area (Å²) >= 11 is 0. The molecule has 0 aromatic heterocycles. The van der Waals surface area contributed by atoms with Crippen LogP contribution in [0.15, 0.2) is 18.2 Å². The number of rotatable bonds is 4. The fourth-order valence-corrected chi connectivity index (χ4v) is 2.53. The van der Waals surface area contributed by atoms with Crippen LogP contribution in [0.5, 0.6) is 5.75 Å².